The number of aryl methyl sites for hydroxylation is 1. The van der Waals surface area contributed by atoms with Gasteiger partial charge in [-0.25, -0.2) is 0 Å². The fraction of sp³-hybridized carbons (Fsp3) is 0.167. The molecule has 3 aromatic rings. The zero-order valence-corrected chi connectivity index (χ0v) is 18.4. The summed E-state index contributed by atoms with van der Waals surface area (Å²) in [6.07, 6.45) is 0.282. The molecule has 0 radical (unpaired) electrons. The molecule has 0 saturated heterocycles. The zero-order valence-electron chi connectivity index (χ0n) is 16.8. The SMILES string of the molecule is Cc1cccc(NC(=O)C(C)Sc2ccc(NC(=O)Cc3ccc(Cl)cc3)cc2)c1. The second kappa shape index (κ2) is 10.3. The van der Waals surface area contributed by atoms with Crippen molar-refractivity contribution in [3.8, 4) is 0 Å². The van der Waals surface area contributed by atoms with Crippen LogP contribution in [0.15, 0.2) is 77.7 Å². The van der Waals surface area contributed by atoms with Crippen LogP contribution in [0.1, 0.15) is 18.1 Å². The smallest absolute Gasteiger partial charge is 0.237 e. The van der Waals surface area contributed by atoms with E-state index < -0.39 is 0 Å². The van der Waals surface area contributed by atoms with Crippen LogP contribution < -0.4 is 10.6 Å². The van der Waals surface area contributed by atoms with E-state index in [-0.39, 0.29) is 23.5 Å². The van der Waals surface area contributed by atoms with Crippen LogP contribution in [-0.4, -0.2) is 17.1 Å². The molecule has 3 aromatic carbocycles. The molecule has 0 aliphatic carbocycles. The molecule has 0 fully saturated rings. The van der Waals surface area contributed by atoms with E-state index in [2.05, 4.69) is 10.6 Å². The van der Waals surface area contributed by atoms with Gasteiger partial charge in [-0.3, -0.25) is 9.59 Å². The van der Waals surface area contributed by atoms with Gasteiger partial charge in [-0.2, -0.15) is 0 Å². The maximum Gasteiger partial charge on any atom is 0.237 e. The molecule has 30 heavy (non-hydrogen) atoms. The molecule has 4 nitrogen and oxygen atoms in total. The number of hydrogen-bond acceptors (Lipinski definition) is 3. The first-order valence-electron chi connectivity index (χ1n) is 9.57. The van der Waals surface area contributed by atoms with Gasteiger partial charge in [-0.1, -0.05) is 35.9 Å². The van der Waals surface area contributed by atoms with Crippen LogP contribution in [-0.2, 0) is 16.0 Å². The number of hydrogen-bond donors (Lipinski definition) is 2. The van der Waals surface area contributed by atoms with Gasteiger partial charge >= 0.3 is 0 Å². The van der Waals surface area contributed by atoms with Crippen molar-refractivity contribution in [3.05, 3.63) is 88.9 Å². The second-order valence-electron chi connectivity index (χ2n) is 6.99. The third-order valence-corrected chi connectivity index (χ3v) is 5.75. The summed E-state index contributed by atoms with van der Waals surface area (Å²) >= 11 is 7.34. The van der Waals surface area contributed by atoms with Crippen molar-refractivity contribution in [1.29, 1.82) is 0 Å². The molecular formula is C24H23ClN2O2S. The number of anilines is 2. The third kappa shape index (κ3) is 6.65. The van der Waals surface area contributed by atoms with Gasteiger partial charge in [0.05, 0.1) is 11.7 Å². The number of carbonyl (C=O) groups is 2. The van der Waals surface area contributed by atoms with E-state index in [4.69, 9.17) is 11.6 Å². The Morgan fingerprint density at radius 2 is 1.63 bits per heavy atom. The minimum Gasteiger partial charge on any atom is -0.326 e. The first-order chi connectivity index (χ1) is 14.4. The second-order valence-corrected chi connectivity index (χ2v) is 8.85. The average Bonchev–Trinajstić information content (AvgIpc) is 2.71. The Morgan fingerprint density at radius 1 is 0.933 bits per heavy atom. The Labute approximate surface area is 186 Å². The molecule has 0 bridgehead atoms. The predicted octanol–water partition coefficient (Wildman–Crippen LogP) is 5.95. The van der Waals surface area contributed by atoms with Gasteiger partial charge in [0, 0.05) is 21.3 Å². The number of rotatable bonds is 7. The van der Waals surface area contributed by atoms with Crippen molar-refractivity contribution >= 4 is 46.6 Å². The quantitative estimate of drug-likeness (QED) is 0.448. The Kier molecular flexibility index (Phi) is 7.55. The molecule has 0 saturated carbocycles. The molecule has 1 atom stereocenters. The van der Waals surface area contributed by atoms with Crippen LogP contribution in [0.25, 0.3) is 0 Å². The normalized spacial score (nSPS) is 11.6. The molecule has 6 heteroatoms. The van der Waals surface area contributed by atoms with Crippen molar-refractivity contribution in [2.24, 2.45) is 0 Å². The minimum absolute atomic E-state index is 0.0501. The zero-order chi connectivity index (χ0) is 21.5. The van der Waals surface area contributed by atoms with Crippen LogP contribution in [0.4, 0.5) is 11.4 Å². The summed E-state index contributed by atoms with van der Waals surface area (Å²) in [5.41, 5.74) is 3.51. The lowest BCUT2D eigenvalue weighted by atomic mass is 10.1. The van der Waals surface area contributed by atoms with Gasteiger partial charge in [0.15, 0.2) is 0 Å². The predicted molar refractivity (Wildman–Crippen MR) is 125 cm³/mol. The molecule has 3 rings (SSSR count). The first kappa shape index (κ1) is 21.9. The lowest BCUT2D eigenvalue weighted by Crippen LogP contribution is -2.22. The summed E-state index contributed by atoms with van der Waals surface area (Å²) in [6.45, 7) is 3.86. The third-order valence-electron chi connectivity index (χ3n) is 4.38. The Morgan fingerprint density at radius 3 is 2.30 bits per heavy atom. The van der Waals surface area contributed by atoms with E-state index in [0.717, 1.165) is 27.4 Å². The highest BCUT2D eigenvalue weighted by Crippen LogP contribution is 2.26. The largest absolute Gasteiger partial charge is 0.326 e. The number of benzene rings is 3. The van der Waals surface area contributed by atoms with Crippen LogP contribution in [0.2, 0.25) is 5.02 Å². The summed E-state index contributed by atoms with van der Waals surface area (Å²) in [5, 5.41) is 6.22. The molecule has 2 amide bonds. The lowest BCUT2D eigenvalue weighted by molar-refractivity contribution is -0.116. The van der Waals surface area contributed by atoms with Crippen molar-refractivity contribution in [3.63, 3.8) is 0 Å². The van der Waals surface area contributed by atoms with Crippen molar-refractivity contribution < 1.29 is 9.59 Å². The molecule has 0 heterocycles. The van der Waals surface area contributed by atoms with E-state index in [9.17, 15) is 9.59 Å². The standard InChI is InChI=1S/C24H23ClN2O2S/c1-16-4-3-5-21(14-16)27-24(29)17(2)30-22-12-10-20(11-13-22)26-23(28)15-18-6-8-19(25)9-7-18/h3-14,17H,15H2,1-2H3,(H,26,28)(H,27,29). The van der Waals surface area contributed by atoms with Gasteiger partial charge in [-0.15, -0.1) is 11.8 Å². The van der Waals surface area contributed by atoms with Gasteiger partial charge in [0.25, 0.3) is 0 Å². The fourth-order valence-electron chi connectivity index (χ4n) is 2.83. The summed E-state index contributed by atoms with van der Waals surface area (Å²) in [4.78, 5) is 25.6. The molecule has 0 aliphatic rings. The highest BCUT2D eigenvalue weighted by molar-refractivity contribution is 8.00. The topological polar surface area (TPSA) is 58.2 Å². The fourth-order valence-corrected chi connectivity index (χ4v) is 3.83. The molecule has 1 unspecified atom stereocenters. The Balaban J connectivity index is 1.51. The summed E-state index contributed by atoms with van der Waals surface area (Å²) < 4.78 is 0. The van der Waals surface area contributed by atoms with Crippen molar-refractivity contribution in [2.75, 3.05) is 10.6 Å². The van der Waals surface area contributed by atoms with Gasteiger partial charge in [0.1, 0.15) is 0 Å². The van der Waals surface area contributed by atoms with Gasteiger partial charge in [0.2, 0.25) is 11.8 Å². The lowest BCUT2D eigenvalue weighted by Gasteiger charge is -2.13. The van der Waals surface area contributed by atoms with Gasteiger partial charge < -0.3 is 10.6 Å². The van der Waals surface area contributed by atoms with E-state index in [0.29, 0.717) is 5.02 Å². The van der Waals surface area contributed by atoms with E-state index in [1.165, 1.54) is 11.8 Å². The first-order valence-corrected chi connectivity index (χ1v) is 10.8. The monoisotopic (exact) mass is 438 g/mol. The van der Waals surface area contributed by atoms with Crippen LogP contribution in [0.5, 0.6) is 0 Å². The highest BCUT2D eigenvalue weighted by atomic mass is 35.5. The van der Waals surface area contributed by atoms with E-state index >= 15 is 0 Å². The van der Waals surface area contributed by atoms with Gasteiger partial charge in [-0.05, 0) is 73.5 Å². The Hall–Kier alpha value is -2.76. The number of thioether (sulfide) groups is 1. The number of carbonyl (C=O) groups excluding carboxylic acids is 2. The molecule has 2 N–H and O–H groups in total. The van der Waals surface area contributed by atoms with Crippen LogP contribution in [0.3, 0.4) is 0 Å². The van der Waals surface area contributed by atoms with Crippen LogP contribution in [0, 0.1) is 6.92 Å². The maximum absolute atomic E-state index is 12.4. The summed E-state index contributed by atoms with van der Waals surface area (Å²) in [6, 6.07) is 22.4. The van der Waals surface area contributed by atoms with E-state index in [1.54, 1.807) is 12.1 Å². The molecule has 154 valence electrons. The summed E-state index contributed by atoms with van der Waals surface area (Å²) in [7, 11) is 0. The number of halogens is 1. The number of nitrogens with one attached hydrogen (secondary N) is 2. The molecular weight excluding hydrogens is 416 g/mol. The molecule has 0 aliphatic heterocycles. The van der Waals surface area contributed by atoms with Crippen molar-refractivity contribution in [2.45, 2.75) is 30.4 Å². The summed E-state index contributed by atoms with van der Waals surface area (Å²) in [5.74, 6) is -0.144. The minimum atomic E-state index is -0.254. The number of amides is 2. The maximum atomic E-state index is 12.4. The highest BCUT2D eigenvalue weighted by Gasteiger charge is 2.15. The Bertz CT molecular complexity index is 1020. The molecule has 0 aromatic heterocycles. The van der Waals surface area contributed by atoms with Crippen LogP contribution >= 0.6 is 23.4 Å². The van der Waals surface area contributed by atoms with Crippen molar-refractivity contribution in [1.82, 2.24) is 0 Å². The average molecular weight is 439 g/mol. The molecule has 0 spiro atoms. The van der Waals surface area contributed by atoms with E-state index in [1.807, 2.05) is 74.5 Å².